The Labute approximate surface area is 224 Å². The molecule has 0 bridgehead atoms. The third kappa shape index (κ3) is 3.47. The van der Waals surface area contributed by atoms with Gasteiger partial charge in [-0.25, -0.2) is 9.97 Å². The monoisotopic (exact) mass is 507 g/mol. The lowest BCUT2D eigenvalue weighted by Gasteiger charge is -2.38. The summed E-state index contributed by atoms with van der Waals surface area (Å²) in [6.45, 7) is 0. The van der Waals surface area contributed by atoms with Gasteiger partial charge in [-0.05, 0) is 54.7 Å². The van der Waals surface area contributed by atoms with Gasteiger partial charge in [0.15, 0.2) is 11.5 Å². The van der Waals surface area contributed by atoms with Gasteiger partial charge in [0.25, 0.3) is 0 Å². The van der Waals surface area contributed by atoms with E-state index in [1.54, 1.807) is 0 Å². The molecule has 0 radical (unpaired) electrons. The summed E-state index contributed by atoms with van der Waals surface area (Å²) in [6.07, 6.45) is 9.22. The standard InChI is InChI=1S/C32H25N7/c33-32(15-6-16-32)23-12-10-22(11-13-23)29-24(21-7-2-1-3-8-21)19-25-26(35-29)14-18-39-30(25)36-37-31(39)27-20-38-17-5-4-9-28(38)34-27/h1-5,7-14,17-20H,6,15-16,33H2. The van der Waals surface area contributed by atoms with Crippen LogP contribution in [0.3, 0.4) is 0 Å². The Kier molecular flexibility index (Phi) is 4.72. The van der Waals surface area contributed by atoms with Gasteiger partial charge in [-0.1, -0.05) is 60.7 Å². The Balaban J connectivity index is 1.31. The van der Waals surface area contributed by atoms with Crippen molar-refractivity contribution in [3.8, 4) is 33.9 Å². The SMILES string of the molecule is NC1(c2ccc(-c3nc4ccn5c(-c6cn7ccccc7n6)nnc5c4cc3-c3ccccc3)cc2)CCC1. The fraction of sp³-hybridized carbons (Fsp3) is 0.125. The van der Waals surface area contributed by atoms with Crippen molar-refractivity contribution >= 4 is 22.2 Å². The van der Waals surface area contributed by atoms with E-state index in [0.717, 1.165) is 63.1 Å². The van der Waals surface area contributed by atoms with Crippen molar-refractivity contribution in [3.63, 3.8) is 0 Å². The lowest BCUT2D eigenvalue weighted by molar-refractivity contribution is 0.253. The van der Waals surface area contributed by atoms with E-state index in [0.29, 0.717) is 5.82 Å². The van der Waals surface area contributed by atoms with Crippen LogP contribution in [0.15, 0.2) is 104 Å². The Morgan fingerprint density at radius 2 is 1.59 bits per heavy atom. The molecule has 188 valence electrons. The summed E-state index contributed by atoms with van der Waals surface area (Å²) < 4.78 is 3.98. The van der Waals surface area contributed by atoms with Crippen LogP contribution in [0.4, 0.5) is 0 Å². The van der Waals surface area contributed by atoms with Crippen LogP contribution in [0.1, 0.15) is 24.8 Å². The maximum atomic E-state index is 6.59. The van der Waals surface area contributed by atoms with Gasteiger partial charge >= 0.3 is 0 Å². The second-order valence-corrected chi connectivity index (χ2v) is 10.4. The Morgan fingerprint density at radius 1 is 0.769 bits per heavy atom. The number of rotatable bonds is 4. The predicted molar refractivity (Wildman–Crippen MR) is 153 cm³/mol. The van der Waals surface area contributed by atoms with E-state index in [-0.39, 0.29) is 5.54 Å². The average Bonchev–Trinajstić information content (AvgIpc) is 3.60. The summed E-state index contributed by atoms with van der Waals surface area (Å²) in [5, 5.41) is 10.1. The van der Waals surface area contributed by atoms with E-state index in [1.165, 1.54) is 12.0 Å². The third-order valence-electron chi connectivity index (χ3n) is 8.03. The molecule has 0 atom stereocenters. The van der Waals surface area contributed by atoms with Crippen molar-refractivity contribution in [3.05, 3.63) is 109 Å². The number of aromatic nitrogens is 6. The summed E-state index contributed by atoms with van der Waals surface area (Å²) in [5.41, 5.74) is 15.0. The first kappa shape index (κ1) is 22.1. The molecular formula is C32H25N7. The van der Waals surface area contributed by atoms with Gasteiger partial charge in [-0.3, -0.25) is 4.40 Å². The second-order valence-electron chi connectivity index (χ2n) is 10.4. The summed E-state index contributed by atoms with van der Waals surface area (Å²) in [5.74, 6) is 0.697. The van der Waals surface area contributed by atoms with Gasteiger partial charge in [0.2, 0.25) is 0 Å². The quantitative estimate of drug-likeness (QED) is 0.304. The van der Waals surface area contributed by atoms with E-state index in [1.807, 2.05) is 57.7 Å². The molecule has 1 aliphatic carbocycles. The zero-order valence-electron chi connectivity index (χ0n) is 21.2. The number of pyridine rings is 3. The van der Waals surface area contributed by atoms with Crippen LogP contribution in [0.25, 0.3) is 56.1 Å². The van der Waals surface area contributed by atoms with Crippen molar-refractivity contribution in [1.29, 1.82) is 0 Å². The van der Waals surface area contributed by atoms with Crippen molar-refractivity contribution in [2.75, 3.05) is 0 Å². The normalized spacial score (nSPS) is 14.7. The van der Waals surface area contributed by atoms with Crippen LogP contribution in [0.5, 0.6) is 0 Å². The van der Waals surface area contributed by atoms with Gasteiger partial charge in [-0.2, -0.15) is 0 Å². The fourth-order valence-electron chi connectivity index (χ4n) is 5.68. The molecule has 7 heteroatoms. The Bertz CT molecular complexity index is 1970. The van der Waals surface area contributed by atoms with E-state index in [4.69, 9.17) is 15.7 Å². The van der Waals surface area contributed by atoms with E-state index in [9.17, 15) is 0 Å². The van der Waals surface area contributed by atoms with Gasteiger partial charge in [-0.15, -0.1) is 10.2 Å². The topological polar surface area (TPSA) is 86.4 Å². The highest BCUT2D eigenvalue weighted by Crippen LogP contribution is 2.40. The van der Waals surface area contributed by atoms with Crippen LogP contribution in [-0.4, -0.2) is 29.0 Å². The summed E-state index contributed by atoms with van der Waals surface area (Å²) in [6, 6.07) is 29.2. The van der Waals surface area contributed by atoms with Crippen LogP contribution in [0, 0.1) is 0 Å². The first-order valence-corrected chi connectivity index (χ1v) is 13.2. The maximum Gasteiger partial charge on any atom is 0.188 e. The molecule has 0 aliphatic heterocycles. The molecule has 7 aromatic rings. The first-order chi connectivity index (χ1) is 19.2. The van der Waals surface area contributed by atoms with Crippen LogP contribution in [-0.2, 0) is 5.54 Å². The zero-order valence-corrected chi connectivity index (χ0v) is 21.2. The number of nitrogens with two attached hydrogens (primary N) is 1. The molecule has 0 amide bonds. The second kappa shape index (κ2) is 8.31. The summed E-state index contributed by atoms with van der Waals surface area (Å²) in [4.78, 5) is 9.94. The van der Waals surface area contributed by atoms with Crippen LogP contribution in [0.2, 0.25) is 0 Å². The highest BCUT2D eigenvalue weighted by Gasteiger charge is 2.34. The number of imidazole rings is 1. The molecule has 8 rings (SSSR count). The molecule has 7 nitrogen and oxygen atoms in total. The lowest BCUT2D eigenvalue weighted by atomic mass is 9.72. The van der Waals surface area contributed by atoms with Crippen molar-refractivity contribution in [2.24, 2.45) is 5.73 Å². The molecule has 2 aromatic carbocycles. The van der Waals surface area contributed by atoms with Crippen LogP contribution < -0.4 is 5.73 Å². The predicted octanol–water partition coefficient (Wildman–Crippen LogP) is 6.26. The Morgan fingerprint density at radius 3 is 2.36 bits per heavy atom. The minimum Gasteiger partial charge on any atom is -0.321 e. The smallest absolute Gasteiger partial charge is 0.188 e. The van der Waals surface area contributed by atoms with Crippen molar-refractivity contribution in [2.45, 2.75) is 24.8 Å². The minimum absolute atomic E-state index is 0.185. The molecule has 1 aliphatic rings. The molecule has 1 saturated carbocycles. The summed E-state index contributed by atoms with van der Waals surface area (Å²) in [7, 11) is 0. The molecule has 0 spiro atoms. The van der Waals surface area contributed by atoms with Gasteiger partial charge in [0, 0.05) is 40.6 Å². The molecule has 5 aromatic heterocycles. The number of nitrogens with zero attached hydrogens (tertiary/aromatic N) is 6. The maximum absolute atomic E-state index is 6.59. The first-order valence-electron chi connectivity index (χ1n) is 13.2. The Hall–Kier alpha value is -4.88. The number of hydrogen-bond acceptors (Lipinski definition) is 5. The number of benzene rings is 2. The zero-order chi connectivity index (χ0) is 26.0. The molecule has 0 saturated heterocycles. The van der Waals surface area contributed by atoms with Crippen molar-refractivity contribution in [1.82, 2.24) is 29.0 Å². The largest absolute Gasteiger partial charge is 0.321 e. The minimum atomic E-state index is -0.185. The van der Waals surface area contributed by atoms with E-state index < -0.39 is 0 Å². The average molecular weight is 508 g/mol. The van der Waals surface area contributed by atoms with Gasteiger partial charge in [0.1, 0.15) is 11.3 Å². The molecular weight excluding hydrogens is 482 g/mol. The fourth-order valence-corrected chi connectivity index (χ4v) is 5.68. The highest BCUT2D eigenvalue weighted by molar-refractivity contribution is 5.98. The summed E-state index contributed by atoms with van der Waals surface area (Å²) >= 11 is 0. The van der Waals surface area contributed by atoms with Gasteiger partial charge in [0.05, 0.1) is 11.2 Å². The van der Waals surface area contributed by atoms with E-state index in [2.05, 4.69) is 64.8 Å². The third-order valence-corrected chi connectivity index (χ3v) is 8.03. The van der Waals surface area contributed by atoms with Crippen LogP contribution >= 0.6 is 0 Å². The molecule has 5 heterocycles. The van der Waals surface area contributed by atoms with Gasteiger partial charge < -0.3 is 10.1 Å². The molecule has 2 N–H and O–H groups in total. The number of fused-ring (bicyclic) bond motifs is 4. The lowest BCUT2D eigenvalue weighted by Crippen LogP contribution is -2.43. The molecule has 1 fully saturated rings. The molecule has 39 heavy (non-hydrogen) atoms. The number of hydrogen-bond donors (Lipinski definition) is 1. The molecule has 0 unspecified atom stereocenters. The van der Waals surface area contributed by atoms with E-state index >= 15 is 0 Å². The highest BCUT2D eigenvalue weighted by atomic mass is 15.3. The van der Waals surface area contributed by atoms with Crippen molar-refractivity contribution < 1.29 is 0 Å².